The predicted octanol–water partition coefficient (Wildman–Crippen LogP) is 7.63. The van der Waals surface area contributed by atoms with Crippen LogP contribution in [0.1, 0.15) is 95.7 Å². The highest BCUT2D eigenvalue weighted by Gasteiger charge is 2.31. The summed E-state index contributed by atoms with van der Waals surface area (Å²) in [7, 11) is 2.96. The molecule has 2 aromatic carbocycles. The molecule has 0 radical (unpaired) electrons. The van der Waals surface area contributed by atoms with Gasteiger partial charge >= 0.3 is 6.09 Å². The van der Waals surface area contributed by atoms with E-state index in [4.69, 9.17) is 10.5 Å². The van der Waals surface area contributed by atoms with Crippen molar-refractivity contribution in [3.8, 4) is 5.75 Å². The second kappa shape index (κ2) is 17.5. The second-order valence-electron chi connectivity index (χ2n) is 12.3. The lowest BCUT2D eigenvalue weighted by atomic mass is 9.78. The van der Waals surface area contributed by atoms with Gasteiger partial charge in [0.1, 0.15) is 5.75 Å². The van der Waals surface area contributed by atoms with Gasteiger partial charge in [-0.3, -0.25) is 9.79 Å². The smallest absolute Gasteiger partial charge is 0.404 e. The van der Waals surface area contributed by atoms with Gasteiger partial charge in [0.15, 0.2) is 0 Å². The summed E-state index contributed by atoms with van der Waals surface area (Å²) in [6.45, 7) is 7.01. The Morgan fingerprint density at radius 1 is 1.02 bits per heavy atom. The Kier molecular flexibility index (Phi) is 13.8. The fraction of sp³-hybridized carbons (Fsp3) is 0.528. The molecule has 4 N–H and O–H groups in total. The molecule has 2 aliphatic rings. The third kappa shape index (κ3) is 10.1. The fourth-order valence-electron chi connectivity index (χ4n) is 6.28. The highest BCUT2D eigenvalue weighted by Crippen LogP contribution is 2.38. The van der Waals surface area contributed by atoms with Gasteiger partial charge in [0.2, 0.25) is 5.91 Å². The summed E-state index contributed by atoms with van der Waals surface area (Å²) >= 11 is 0. The van der Waals surface area contributed by atoms with E-state index in [0.29, 0.717) is 17.7 Å². The molecule has 8 nitrogen and oxygen atoms in total. The standard InChI is InChI=1S/C34H47N3O2.C2H5NO2.H2/c1-24(2)36-22-31(21-35)29-11-8-12-32(20-29)37(34(38)28-9-6-5-7-10-28)23-26-13-15-27(16-14-26)30-17-18-33(39-4)25(3)19-30;1-5-2(3)4;/h8,11-12,17-22,24,26-28H,5-7,9-10,13-16,23,35H2,1-4H3;1H3,(H2,3,4);1H/b31-21+,36-22?;;. The minimum Gasteiger partial charge on any atom is -0.496 e. The Morgan fingerprint density at radius 3 is 2.27 bits per heavy atom. The Morgan fingerprint density at radius 2 is 1.70 bits per heavy atom. The molecule has 2 saturated carbocycles. The zero-order valence-corrected chi connectivity index (χ0v) is 27.3. The first-order valence-electron chi connectivity index (χ1n) is 16.0. The van der Waals surface area contributed by atoms with Crippen LogP contribution in [0.25, 0.3) is 5.57 Å². The van der Waals surface area contributed by atoms with Crippen LogP contribution in [0.3, 0.4) is 0 Å². The largest absolute Gasteiger partial charge is 0.496 e. The first kappa shape index (κ1) is 34.7. The van der Waals surface area contributed by atoms with Crippen LogP contribution in [-0.2, 0) is 9.53 Å². The van der Waals surface area contributed by atoms with E-state index in [-0.39, 0.29) is 13.4 Å². The average molecular weight is 607 g/mol. The monoisotopic (exact) mass is 606 g/mol. The summed E-state index contributed by atoms with van der Waals surface area (Å²) in [5.41, 5.74) is 15.9. The zero-order valence-electron chi connectivity index (χ0n) is 27.3. The van der Waals surface area contributed by atoms with Crippen LogP contribution < -0.4 is 21.1 Å². The molecule has 0 heterocycles. The summed E-state index contributed by atoms with van der Waals surface area (Å²) in [5, 5.41) is 0. The van der Waals surface area contributed by atoms with Crippen LogP contribution in [0.15, 0.2) is 53.7 Å². The number of methoxy groups -OCH3 is 2. The maximum Gasteiger partial charge on any atom is 0.404 e. The van der Waals surface area contributed by atoms with Crippen molar-refractivity contribution in [3.05, 3.63) is 65.4 Å². The SMILES string of the molecule is COC(N)=O.COc1ccc(C2CCC(CN(C(=O)C3CCCCC3)c3cccc(/C(C=NC(C)C)=C/N)c3)CC2)cc1C.[HH]. The molecule has 0 aromatic heterocycles. The number of aryl methyl sites for hydroxylation is 1. The quantitative estimate of drug-likeness (QED) is 0.284. The van der Waals surface area contributed by atoms with Crippen molar-refractivity contribution in [1.82, 2.24) is 0 Å². The lowest BCUT2D eigenvalue weighted by Crippen LogP contribution is -2.41. The van der Waals surface area contributed by atoms with Gasteiger partial charge in [-0.05, 0) is 106 Å². The fourth-order valence-corrected chi connectivity index (χ4v) is 6.28. The highest BCUT2D eigenvalue weighted by molar-refractivity contribution is 6.10. The van der Waals surface area contributed by atoms with Gasteiger partial charge in [-0.1, -0.05) is 43.5 Å². The summed E-state index contributed by atoms with van der Waals surface area (Å²) in [5.74, 6) is 2.47. The number of amides is 2. The average Bonchev–Trinajstić information content (AvgIpc) is 3.04. The maximum atomic E-state index is 14.0. The van der Waals surface area contributed by atoms with Crippen LogP contribution in [0.4, 0.5) is 10.5 Å². The van der Waals surface area contributed by atoms with Crippen LogP contribution in [0.5, 0.6) is 5.75 Å². The third-order valence-corrected chi connectivity index (χ3v) is 8.78. The molecule has 242 valence electrons. The number of carbonyl (C=O) groups is 2. The molecule has 2 aromatic rings. The Bertz CT molecular complexity index is 1280. The Hall–Kier alpha value is -3.81. The molecule has 2 aliphatic carbocycles. The number of benzene rings is 2. The topological polar surface area (TPSA) is 120 Å². The van der Waals surface area contributed by atoms with Crippen molar-refractivity contribution in [2.24, 2.45) is 28.3 Å². The molecule has 0 atom stereocenters. The summed E-state index contributed by atoms with van der Waals surface area (Å²) in [6, 6.07) is 15.1. The molecular weight excluding hydrogens is 552 g/mol. The molecule has 0 spiro atoms. The van der Waals surface area contributed by atoms with Crippen LogP contribution in [0, 0.1) is 18.8 Å². The van der Waals surface area contributed by atoms with Gasteiger partial charge < -0.3 is 25.8 Å². The van der Waals surface area contributed by atoms with Gasteiger partial charge in [-0.2, -0.15) is 0 Å². The molecule has 0 bridgehead atoms. The highest BCUT2D eigenvalue weighted by atomic mass is 16.5. The minimum atomic E-state index is -0.745. The number of nitrogens with two attached hydrogens (primary N) is 2. The van der Waals surface area contributed by atoms with Crippen LogP contribution >= 0.6 is 0 Å². The Labute approximate surface area is 265 Å². The number of anilines is 1. The van der Waals surface area contributed by atoms with Crippen molar-refractivity contribution in [1.29, 1.82) is 0 Å². The minimum absolute atomic E-state index is 0. The third-order valence-electron chi connectivity index (χ3n) is 8.78. The van der Waals surface area contributed by atoms with E-state index in [1.807, 2.05) is 12.3 Å². The van der Waals surface area contributed by atoms with Gasteiger partial charge in [0, 0.05) is 43.6 Å². The van der Waals surface area contributed by atoms with E-state index >= 15 is 0 Å². The van der Waals surface area contributed by atoms with Crippen molar-refractivity contribution in [2.45, 2.75) is 90.5 Å². The molecule has 2 fully saturated rings. The van der Waals surface area contributed by atoms with E-state index < -0.39 is 6.09 Å². The van der Waals surface area contributed by atoms with Crippen molar-refractivity contribution >= 4 is 29.5 Å². The van der Waals surface area contributed by atoms with Crippen LogP contribution in [0.2, 0.25) is 0 Å². The second-order valence-corrected chi connectivity index (χ2v) is 12.3. The molecule has 0 unspecified atom stereocenters. The lowest BCUT2D eigenvalue weighted by molar-refractivity contribution is -0.123. The normalized spacial score (nSPS) is 19.3. The number of carbonyl (C=O) groups excluding carboxylic acids is 2. The number of aliphatic imine (C=N–C) groups is 1. The Balaban J connectivity index is 0.00000109. The number of hydrogen-bond donors (Lipinski definition) is 2. The van der Waals surface area contributed by atoms with E-state index in [9.17, 15) is 9.59 Å². The molecule has 4 rings (SSSR count). The molecule has 8 heteroatoms. The van der Waals surface area contributed by atoms with Crippen molar-refractivity contribution in [3.63, 3.8) is 0 Å². The maximum absolute atomic E-state index is 14.0. The van der Waals surface area contributed by atoms with E-state index in [0.717, 1.165) is 80.5 Å². The predicted molar refractivity (Wildman–Crippen MR) is 182 cm³/mol. The van der Waals surface area contributed by atoms with Gasteiger partial charge in [0.05, 0.1) is 14.2 Å². The molecule has 0 aliphatic heterocycles. The number of ether oxygens (including phenoxy) is 2. The summed E-state index contributed by atoms with van der Waals surface area (Å²) in [4.78, 5) is 30.0. The van der Waals surface area contributed by atoms with Gasteiger partial charge in [-0.25, -0.2) is 4.79 Å². The van der Waals surface area contributed by atoms with Crippen molar-refractivity contribution < 1.29 is 20.5 Å². The molecule has 44 heavy (non-hydrogen) atoms. The number of primary amides is 1. The van der Waals surface area contributed by atoms with Gasteiger partial charge in [-0.15, -0.1) is 0 Å². The number of hydrogen-bond acceptors (Lipinski definition) is 6. The van der Waals surface area contributed by atoms with Crippen LogP contribution in [-0.4, -0.2) is 45.0 Å². The number of nitrogens with zero attached hydrogens (tertiary/aromatic N) is 2. The van der Waals surface area contributed by atoms with E-state index in [2.05, 4.69) is 77.5 Å². The molecule has 2 amide bonds. The summed E-state index contributed by atoms with van der Waals surface area (Å²) in [6.07, 6.45) is 12.9. The van der Waals surface area contributed by atoms with Gasteiger partial charge in [0.25, 0.3) is 0 Å². The lowest BCUT2D eigenvalue weighted by Gasteiger charge is -2.35. The van der Waals surface area contributed by atoms with Crippen molar-refractivity contribution in [2.75, 3.05) is 25.7 Å². The molecule has 0 saturated heterocycles. The zero-order chi connectivity index (χ0) is 32.1. The van der Waals surface area contributed by atoms with E-state index in [1.165, 1.54) is 24.7 Å². The number of allylic oxidation sites excluding steroid dienone is 1. The number of rotatable bonds is 9. The van der Waals surface area contributed by atoms with E-state index in [1.54, 1.807) is 13.3 Å². The molecular formula is C36H54N4O4. The summed E-state index contributed by atoms with van der Waals surface area (Å²) < 4.78 is 9.35. The first-order valence-corrected chi connectivity index (χ1v) is 16.0. The first-order chi connectivity index (χ1) is 21.2.